The maximum atomic E-state index is 12.9. The molecule has 0 radical (unpaired) electrons. The van der Waals surface area contributed by atoms with E-state index in [1.165, 1.54) is 11.8 Å². The lowest BCUT2D eigenvalue weighted by Gasteiger charge is -2.39. The molecule has 0 saturated carbocycles. The Kier molecular flexibility index (Phi) is 8.31. The Bertz CT molecular complexity index is 700. The van der Waals surface area contributed by atoms with E-state index in [1.54, 1.807) is 7.05 Å². The molecular weight excluding hydrogens is 383 g/mol. The van der Waals surface area contributed by atoms with Crippen molar-refractivity contribution in [1.29, 1.82) is 0 Å². The number of hydrogen-bond acceptors (Lipinski definition) is 3. The minimum Gasteiger partial charge on any atom is -0.352 e. The number of nitrogens with zero attached hydrogens (tertiary/aromatic N) is 3. The smallest absolute Gasteiger partial charge is 0.352 e. The van der Waals surface area contributed by atoms with Gasteiger partial charge in [0, 0.05) is 51.9 Å². The number of guanidine groups is 1. The summed E-state index contributed by atoms with van der Waals surface area (Å²) < 4.78 is 38.7. The highest BCUT2D eigenvalue weighted by Gasteiger charge is 2.41. The SMILES string of the molecule is CCCC(=O)Nc1cccc(CNC(=NC)N2CCN(C(C)C(F)(F)F)CC2)c1. The molecule has 2 rings (SSSR count). The van der Waals surface area contributed by atoms with Crippen LogP contribution in [0, 0.1) is 0 Å². The molecule has 1 fully saturated rings. The van der Waals surface area contributed by atoms with Crippen molar-refractivity contribution >= 4 is 17.6 Å². The van der Waals surface area contributed by atoms with Gasteiger partial charge in [-0.2, -0.15) is 13.2 Å². The Balaban J connectivity index is 1.88. The van der Waals surface area contributed by atoms with Crippen LogP contribution in [0.2, 0.25) is 0 Å². The van der Waals surface area contributed by atoms with Crippen LogP contribution in [-0.2, 0) is 11.3 Å². The van der Waals surface area contributed by atoms with Crippen molar-refractivity contribution in [2.45, 2.75) is 45.5 Å². The lowest BCUT2D eigenvalue weighted by Crippen LogP contribution is -2.56. The Hall–Kier alpha value is -2.29. The summed E-state index contributed by atoms with van der Waals surface area (Å²) in [5.41, 5.74) is 1.72. The molecule has 0 aromatic heterocycles. The molecular formula is C20H30F3N5O. The van der Waals surface area contributed by atoms with Gasteiger partial charge in [-0.1, -0.05) is 19.1 Å². The monoisotopic (exact) mass is 413 g/mol. The fraction of sp³-hybridized carbons (Fsp3) is 0.600. The molecule has 1 unspecified atom stereocenters. The van der Waals surface area contributed by atoms with Crippen LogP contribution in [-0.4, -0.2) is 67.1 Å². The minimum atomic E-state index is -4.21. The standard InChI is InChI=1S/C20H30F3N5O/c1-4-6-18(29)26-17-8-5-7-16(13-17)14-25-19(24-3)28-11-9-27(10-12-28)15(2)20(21,22)23/h5,7-8,13,15H,4,6,9-12,14H2,1-3H3,(H,24,25)(H,26,29). The zero-order chi connectivity index (χ0) is 21.4. The molecule has 1 aliphatic rings. The quantitative estimate of drug-likeness (QED) is 0.556. The molecule has 1 heterocycles. The third-order valence-electron chi connectivity index (χ3n) is 4.99. The van der Waals surface area contributed by atoms with Gasteiger partial charge in [-0.25, -0.2) is 0 Å². The lowest BCUT2D eigenvalue weighted by atomic mass is 10.2. The zero-order valence-corrected chi connectivity index (χ0v) is 17.2. The van der Waals surface area contributed by atoms with Crippen LogP contribution in [0.15, 0.2) is 29.3 Å². The molecule has 6 nitrogen and oxygen atoms in total. The molecule has 1 aromatic carbocycles. The molecule has 0 aliphatic carbocycles. The van der Waals surface area contributed by atoms with E-state index in [-0.39, 0.29) is 5.91 Å². The van der Waals surface area contributed by atoms with Gasteiger partial charge in [-0.3, -0.25) is 14.7 Å². The lowest BCUT2D eigenvalue weighted by molar-refractivity contribution is -0.181. The molecule has 1 amide bonds. The predicted octanol–water partition coefficient (Wildman–Crippen LogP) is 3.07. The highest BCUT2D eigenvalue weighted by atomic mass is 19.4. The second-order valence-corrected chi connectivity index (χ2v) is 7.14. The summed E-state index contributed by atoms with van der Waals surface area (Å²) in [4.78, 5) is 19.4. The molecule has 2 N–H and O–H groups in total. The number of alkyl halides is 3. The largest absolute Gasteiger partial charge is 0.403 e. The van der Waals surface area contributed by atoms with Crippen LogP contribution in [0.4, 0.5) is 18.9 Å². The fourth-order valence-electron chi connectivity index (χ4n) is 3.25. The van der Waals surface area contributed by atoms with Crippen molar-refractivity contribution in [3.63, 3.8) is 0 Å². The Labute approximate surface area is 170 Å². The van der Waals surface area contributed by atoms with Gasteiger partial charge >= 0.3 is 6.18 Å². The summed E-state index contributed by atoms with van der Waals surface area (Å²) >= 11 is 0. The van der Waals surface area contributed by atoms with Gasteiger partial charge in [-0.05, 0) is 31.0 Å². The van der Waals surface area contributed by atoms with Crippen LogP contribution in [0.1, 0.15) is 32.3 Å². The highest BCUT2D eigenvalue weighted by molar-refractivity contribution is 5.90. The number of anilines is 1. The molecule has 1 saturated heterocycles. The van der Waals surface area contributed by atoms with E-state index in [0.29, 0.717) is 45.1 Å². The Morgan fingerprint density at radius 2 is 1.93 bits per heavy atom. The summed E-state index contributed by atoms with van der Waals surface area (Å²) in [6.45, 7) is 5.29. The van der Waals surface area contributed by atoms with Gasteiger partial charge in [0.1, 0.15) is 6.04 Å². The number of benzene rings is 1. The van der Waals surface area contributed by atoms with E-state index >= 15 is 0 Å². The number of nitrogens with one attached hydrogen (secondary N) is 2. The summed E-state index contributed by atoms with van der Waals surface area (Å²) in [6, 6.07) is 6.12. The average Bonchev–Trinajstić information content (AvgIpc) is 2.68. The minimum absolute atomic E-state index is 0.0145. The summed E-state index contributed by atoms with van der Waals surface area (Å²) in [5, 5.41) is 6.13. The van der Waals surface area contributed by atoms with E-state index in [2.05, 4.69) is 15.6 Å². The molecule has 0 spiro atoms. The molecule has 29 heavy (non-hydrogen) atoms. The van der Waals surface area contributed by atoms with Crippen molar-refractivity contribution in [1.82, 2.24) is 15.1 Å². The maximum absolute atomic E-state index is 12.9. The molecule has 162 valence electrons. The van der Waals surface area contributed by atoms with Crippen molar-refractivity contribution in [3.05, 3.63) is 29.8 Å². The van der Waals surface area contributed by atoms with Gasteiger partial charge < -0.3 is 15.5 Å². The average molecular weight is 413 g/mol. The summed E-state index contributed by atoms with van der Waals surface area (Å²) in [6.07, 6.45) is -2.94. The number of amides is 1. The van der Waals surface area contributed by atoms with E-state index in [9.17, 15) is 18.0 Å². The highest BCUT2D eigenvalue weighted by Crippen LogP contribution is 2.25. The first-order chi connectivity index (χ1) is 13.7. The second kappa shape index (κ2) is 10.5. The zero-order valence-electron chi connectivity index (χ0n) is 17.2. The van der Waals surface area contributed by atoms with Gasteiger partial charge in [0.2, 0.25) is 5.91 Å². The fourth-order valence-corrected chi connectivity index (χ4v) is 3.25. The first kappa shape index (κ1) is 23.0. The topological polar surface area (TPSA) is 60.0 Å². The first-order valence-corrected chi connectivity index (χ1v) is 9.89. The van der Waals surface area contributed by atoms with Crippen LogP contribution in [0.3, 0.4) is 0 Å². The van der Waals surface area contributed by atoms with Gasteiger partial charge in [0.15, 0.2) is 5.96 Å². The normalized spacial score (nSPS) is 17.2. The van der Waals surface area contributed by atoms with Crippen LogP contribution in [0.5, 0.6) is 0 Å². The van der Waals surface area contributed by atoms with E-state index in [4.69, 9.17) is 0 Å². The number of hydrogen-bond donors (Lipinski definition) is 2. The van der Waals surface area contributed by atoms with Crippen LogP contribution >= 0.6 is 0 Å². The second-order valence-electron chi connectivity index (χ2n) is 7.14. The van der Waals surface area contributed by atoms with E-state index in [1.807, 2.05) is 36.1 Å². The Morgan fingerprint density at radius 1 is 1.24 bits per heavy atom. The van der Waals surface area contributed by atoms with Crippen LogP contribution in [0.25, 0.3) is 0 Å². The third kappa shape index (κ3) is 6.92. The van der Waals surface area contributed by atoms with E-state index < -0.39 is 12.2 Å². The van der Waals surface area contributed by atoms with Crippen LogP contribution < -0.4 is 10.6 Å². The molecule has 0 bridgehead atoms. The number of piperazine rings is 1. The molecule has 1 atom stereocenters. The van der Waals surface area contributed by atoms with Crippen molar-refractivity contribution in [2.75, 3.05) is 38.5 Å². The summed E-state index contributed by atoms with van der Waals surface area (Å²) in [7, 11) is 1.66. The summed E-state index contributed by atoms with van der Waals surface area (Å²) in [5.74, 6) is 0.643. The van der Waals surface area contributed by atoms with Crippen molar-refractivity contribution in [3.8, 4) is 0 Å². The third-order valence-corrected chi connectivity index (χ3v) is 4.99. The van der Waals surface area contributed by atoms with Gasteiger partial charge in [-0.15, -0.1) is 0 Å². The first-order valence-electron chi connectivity index (χ1n) is 9.89. The number of carbonyl (C=O) groups excluding carboxylic acids is 1. The number of aliphatic imine (C=N–C) groups is 1. The molecule has 1 aromatic rings. The van der Waals surface area contributed by atoms with Crippen molar-refractivity contribution in [2.24, 2.45) is 4.99 Å². The predicted molar refractivity (Wildman–Crippen MR) is 109 cm³/mol. The Morgan fingerprint density at radius 3 is 2.52 bits per heavy atom. The molecule has 1 aliphatic heterocycles. The van der Waals surface area contributed by atoms with E-state index in [0.717, 1.165) is 17.7 Å². The van der Waals surface area contributed by atoms with Gasteiger partial charge in [0.05, 0.1) is 0 Å². The number of rotatable bonds is 6. The van der Waals surface area contributed by atoms with Gasteiger partial charge in [0.25, 0.3) is 0 Å². The number of halogens is 3. The van der Waals surface area contributed by atoms with Crippen molar-refractivity contribution < 1.29 is 18.0 Å². The number of carbonyl (C=O) groups is 1. The maximum Gasteiger partial charge on any atom is 0.403 e. The molecule has 9 heteroatoms.